The Morgan fingerprint density at radius 2 is 2.00 bits per heavy atom. The third-order valence-corrected chi connectivity index (χ3v) is 2.91. The van der Waals surface area contributed by atoms with Gasteiger partial charge >= 0.3 is 5.97 Å². The predicted molar refractivity (Wildman–Crippen MR) is 77.0 cm³/mol. The van der Waals surface area contributed by atoms with Crippen molar-refractivity contribution in [1.29, 1.82) is 0 Å². The number of ether oxygens (including phenoxy) is 1. The first-order valence-electron chi connectivity index (χ1n) is 5.54. The van der Waals surface area contributed by atoms with Gasteiger partial charge in [0.05, 0.1) is 17.0 Å². The maximum absolute atomic E-state index is 11.4. The van der Waals surface area contributed by atoms with E-state index in [0.717, 1.165) is 6.26 Å². The monoisotopic (exact) mass is 336 g/mol. The van der Waals surface area contributed by atoms with Crippen LogP contribution >= 0.6 is 11.6 Å². The van der Waals surface area contributed by atoms with E-state index in [1.165, 1.54) is 18.2 Å². The molecule has 3 N–H and O–H groups in total. The summed E-state index contributed by atoms with van der Waals surface area (Å²) in [6.45, 7) is -1.00. The lowest BCUT2D eigenvalue weighted by Crippen LogP contribution is -2.20. The normalized spacial score (nSPS) is 11.0. The molecule has 0 aliphatic carbocycles. The molecule has 0 aromatic heterocycles. The molecule has 0 atom stereocenters. The number of amides is 1. The maximum atomic E-state index is 11.4. The number of carboxylic acids is 1. The minimum atomic E-state index is -3.45. The van der Waals surface area contributed by atoms with Crippen LogP contribution in [0.3, 0.4) is 0 Å². The van der Waals surface area contributed by atoms with Crippen LogP contribution < -0.4 is 10.0 Å². The summed E-state index contributed by atoms with van der Waals surface area (Å²) in [5, 5.41) is 10.9. The van der Waals surface area contributed by atoms with Crippen molar-refractivity contribution in [2.24, 2.45) is 0 Å². The van der Waals surface area contributed by atoms with Gasteiger partial charge in [-0.1, -0.05) is 11.6 Å². The first-order valence-corrected chi connectivity index (χ1v) is 7.81. The molecule has 1 aromatic carbocycles. The Hall–Kier alpha value is -1.84. The molecular formula is C11H13ClN2O6S. The van der Waals surface area contributed by atoms with Crippen molar-refractivity contribution in [3.05, 3.63) is 23.2 Å². The molecule has 0 spiro atoms. The topological polar surface area (TPSA) is 122 Å². The number of carbonyl (C=O) groups excluding carboxylic acids is 1. The van der Waals surface area contributed by atoms with E-state index < -0.39 is 35.1 Å². The van der Waals surface area contributed by atoms with Crippen molar-refractivity contribution in [3.63, 3.8) is 0 Å². The molecule has 1 aromatic rings. The summed E-state index contributed by atoms with van der Waals surface area (Å²) in [5.74, 6) is -1.74. The van der Waals surface area contributed by atoms with E-state index in [4.69, 9.17) is 16.7 Å². The number of nitrogens with one attached hydrogen (secondary N) is 2. The van der Waals surface area contributed by atoms with Crippen molar-refractivity contribution in [2.45, 2.75) is 0 Å². The van der Waals surface area contributed by atoms with Gasteiger partial charge in [-0.15, -0.1) is 0 Å². The zero-order valence-electron chi connectivity index (χ0n) is 10.9. The Morgan fingerprint density at radius 3 is 2.52 bits per heavy atom. The highest BCUT2D eigenvalue weighted by atomic mass is 35.5. The van der Waals surface area contributed by atoms with Crippen molar-refractivity contribution in [3.8, 4) is 0 Å². The predicted octanol–water partition coefficient (Wildman–Crippen LogP) is 0.751. The number of sulfonamides is 1. The quantitative estimate of drug-likeness (QED) is 0.675. The van der Waals surface area contributed by atoms with E-state index in [1.54, 1.807) is 0 Å². The molecule has 21 heavy (non-hydrogen) atoms. The van der Waals surface area contributed by atoms with E-state index in [1.807, 2.05) is 0 Å². The molecule has 0 fully saturated rings. The molecule has 116 valence electrons. The van der Waals surface area contributed by atoms with Gasteiger partial charge in [-0.25, -0.2) is 13.2 Å². The van der Waals surface area contributed by atoms with Crippen molar-refractivity contribution >= 4 is 44.9 Å². The first kappa shape index (κ1) is 17.2. The molecule has 0 saturated heterocycles. The highest BCUT2D eigenvalue weighted by Gasteiger charge is 2.09. The Kier molecular flexibility index (Phi) is 5.94. The van der Waals surface area contributed by atoms with Crippen LogP contribution in [-0.2, 0) is 24.3 Å². The average molecular weight is 337 g/mol. The highest BCUT2D eigenvalue weighted by molar-refractivity contribution is 7.92. The molecular weight excluding hydrogens is 324 g/mol. The number of hydrogen-bond donors (Lipinski definition) is 3. The number of hydrogen-bond acceptors (Lipinski definition) is 5. The van der Waals surface area contributed by atoms with Crippen molar-refractivity contribution in [1.82, 2.24) is 0 Å². The van der Waals surface area contributed by atoms with Crippen LogP contribution in [0.4, 0.5) is 11.4 Å². The van der Waals surface area contributed by atoms with Gasteiger partial charge in [0.25, 0.3) is 0 Å². The highest BCUT2D eigenvalue weighted by Crippen LogP contribution is 2.26. The first-order chi connectivity index (χ1) is 9.67. The molecule has 1 amide bonds. The van der Waals surface area contributed by atoms with Crippen LogP contribution in [0.5, 0.6) is 0 Å². The fourth-order valence-electron chi connectivity index (χ4n) is 1.30. The number of anilines is 2. The van der Waals surface area contributed by atoms with Crippen LogP contribution in [0.1, 0.15) is 0 Å². The SMILES string of the molecule is CS(=O)(=O)Nc1ccc(NC(=O)COCC(=O)O)cc1Cl. The number of rotatable bonds is 7. The molecule has 8 nitrogen and oxygen atoms in total. The molecule has 0 aliphatic heterocycles. The second-order valence-electron chi connectivity index (χ2n) is 4.00. The minimum Gasteiger partial charge on any atom is -0.480 e. The smallest absolute Gasteiger partial charge is 0.329 e. The van der Waals surface area contributed by atoms with Gasteiger partial charge in [0.15, 0.2) is 0 Å². The maximum Gasteiger partial charge on any atom is 0.329 e. The number of halogens is 1. The number of benzene rings is 1. The van der Waals surface area contributed by atoms with E-state index in [0.29, 0.717) is 5.69 Å². The van der Waals surface area contributed by atoms with E-state index >= 15 is 0 Å². The number of aliphatic carboxylic acids is 1. The number of carboxylic acid groups (broad SMARTS) is 1. The molecule has 0 unspecified atom stereocenters. The molecule has 1 rings (SSSR count). The summed E-state index contributed by atoms with van der Waals surface area (Å²) in [6.07, 6.45) is 0.985. The lowest BCUT2D eigenvalue weighted by atomic mass is 10.3. The fraction of sp³-hybridized carbons (Fsp3) is 0.273. The van der Waals surface area contributed by atoms with Gasteiger partial charge < -0.3 is 15.2 Å². The molecule has 0 radical (unpaired) electrons. The zero-order chi connectivity index (χ0) is 16.0. The lowest BCUT2D eigenvalue weighted by molar-refractivity contribution is -0.143. The van der Waals surface area contributed by atoms with Crippen LogP contribution in [0.25, 0.3) is 0 Å². The molecule has 10 heteroatoms. The van der Waals surface area contributed by atoms with Crippen molar-refractivity contribution in [2.75, 3.05) is 29.5 Å². The summed E-state index contributed by atoms with van der Waals surface area (Å²) < 4.78 is 29.0. The standard InChI is InChI=1S/C11H13ClN2O6S/c1-21(18,19)14-9-3-2-7(4-8(9)12)13-10(15)5-20-6-11(16)17/h2-4,14H,5-6H2,1H3,(H,13,15)(H,16,17). The van der Waals surface area contributed by atoms with Gasteiger partial charge in [-0.3, -0.25) is 9.52 Å². The molecule has 0 heterocycles. The minimum absolute atomic E-state index is 0.102. The van der Waals surface area contributed by atoms with Crippen molar-refractivity contribution < 1.29 is 27.9 Å². The van der Waals surface area contributed by atoms with Crippen LogP contribution in [0.2, 0.25) is 5.02 Å². The van der Waals surface area contributed by atoms with Gasteiger partial charge in [-0.2, -0.15) is 0 Å². The Labute approximate surface area is 126 Å². The summed E-state index contributed by atoms with van der Waals surface area (Å²) >= 11 is 5.88. The third kappa shape index (κ3) is 6.93. The van der Waals surface area contributed by atoms with E-state index in [-0.39, 0.29) is 10.7 Å². The largest absolute Gasteiger partial charge is 0.480 e. The second-order valence-corrected chi connectivity index (χ2v) is 6.16. The van der Waals surface area contributed by atoms with Gasteiger partial charge in [0.2, 0.25) is 15.9 Å². The Bertz CT molecular complexity index is 646. The van der Waals surface area contributed by atoms with Gasteiger partial charge in [-0.05, 0) is 18.2 Å². The summed E-state index contributed by atoms with van der Waals surface area (Å²) in [5.41, 5.74) is 0.502. The third-order valence-electron chi connectivity index (χ3n) is 2.01. The van der Waals surface area contributed by atoms with Crippen LogP contribution in [0, 0.1) is 0 Å². The van der Waals surface area contributed by atoms with Gasteiger partial charge in [0.1, 0.15) is 13.2 Å². The summed E-state index contributed by atoms with van der Waals surface area (Å²) in [6, 6.07) is 4.18. The van der Waals surface area contributed by atoms with E-state index in [2.05, 4.69) is 14.8 Å². The molecule has 0 bridgehead atoms. The average Bonchev–Trinajstić information content (AvgIpc) is 2.30. The Morgan fingerprint density at radius 1 is 1.33 bits per heavy atom. The second kappa shape index (κ2) is 7.25. The van der Waals surface area contributed by atoms with Gasteiger partial charge in [0, 0.05) is 5.69 Å². The number of carbonyl (C=O) groups is 2. The molecule has 0 aliphatic rings. The summed E-state index contributed by atoms with van der Waals surface area (Å²) in [7, 11) is -3.45. The summed E-state index contributed by atoms with van der Waals surface area (Å²) in [4.78, 5) is 21.6. The fourth-order valence-corrected chi connectivity index (χ4v) is 2.16. The Balaban J connectivity index is 2.63. The van der Waals surface area contributed by atoms with E-state index in [9.17, 15) is 18.0 Å². The zero-order valence-corrected chi connectivity index (χ0v) is 12.5. The van der Waals surface area contributed by atoms with Crippen LogP contribution in [0.15, 0.2) is 18.2 Å². The lowest BCUT2D eigenvalue weighted by Gasteiger charge is -2.09. The molecule has 0 saturated carbocycles. The van der Waals surface area contributed by atoms with Crippen LogP contribution in [-0.4, -0.2) is 44.9 Å².